The highest BCUT2D eigenvalue weighted by Crippen LogP contribution is 2.10. The minimum absolute atomic E-state index is 0.00578. The second-order valence-electron chi connectivity index (χ2n) is 5.40. The number of likely N-dealkylation sites (tertiary alicyclic amines) is 1. The van der Waals surface area contributed by atoms with Crippen LogP contribution in [0.2, 0.25) is 0 Å². The first kappa shape index (κ1) is 15.5. The molecule has 1 fully saturated rings. The van der Waals surface area contributed by atoms with Crippen LogP contribution < -0.4 is 5.32 Å². The minimum Gasteiger partial charge on any atom is -0.391 e. The molecule has 21 heavy (non-hydrogen) atoms. The van der Waals surface area contributed by atoms with Crippen molar-refractivity contribution in [1.82, 2.24) is 10.2 Å². The molecule has 2 amide bonds. The topological polar surface area (TPSA) is 69.6 Å². The van der Waals surface area contributed by atoms with Crippen molar-refractivity contribution in [2.24, 2.45) is 0 Å². The van der Waals surface area contributed by atoms with Crippen LogP contribution in [0.4, 0.5) is 0 Å². The smallest absolute Gasteiger partial charge is 0.224 e. The van der Waals surface area contributed by atoms with E-state index in [9.17, 15) is 14.7 Å². The first-order valence-electron chi connectivity index (χ1n) is 7.41. The number of rotatable bonds is 5. The molecule has 0 bridgehead atoms. The lowest BCUT2D eigenvalue weighted by Crippen LogP contribution is -2.43. The van der Waals surface area contributed by atoms with E-state index in [1.807, 2.05) is 30.3 Å². The van der Waals surface area contributed by atoms with Crippen LogP contribution in [0.1, 0.15) is 24.8 Å². The number of hydrogen-bond acceptors (Lipinski definition) is 3. The molecule has 2 rings (SSSR count). The van der Waals surface area contributed by atoms with E-state index >= 15 is 0 Å². The van der Waals surface area contributed by atoms with Crippen LogP contribution in [0.25, 0.3) is 0 Å². The quantitative estimate of drug-likeness (QED) is 0.839. The molecule has 2 N–H and O–H groups in total. The number of aliphatic hydroxyl groups is 1. The highest BCUT2D eigenvalue weighted by atomic mass is 16.3. The van der Waals surface area contributed by atoms with E-state index in [1.54, 1.807) is 4.90 Å². The van der Waals surface area contributed by atoms with Gasteiger partial charge in [0.2, 0.25) is 11.8 Å². The summed E-state index contributed by atoms with van der Waals surface area (Å²) in [5, 5.41) is 12.3. The first-order valence-corrected chi connectivity index (χ1v) is 7.41. The van der Waals surface area contributed by atoms with E-state index in [0.29, 0.717) is 26.1 Å². The Morgan fingerprint density at radius 3 is 2.76 bits per heavy atom. The standard InChI is InChI=1S/C16H22N2O3/c19-14-7-4-10-18(12-14)16(21)8-9-17-15(20)11-13-5-2-1-3-6-13/h1-3,5-6,14,19H,4,7-12H2,(H,17,20). The molecule has 0 aromatic heterocycles. The summed E-state index contributed by atoms with van der Waals surface area (Å²) in [6.45, 7) is 1.46. The maximum Gasteiger partial charge on any atom is 0.224 e. The summed E-state index contributed by atoms with van der Waals surface area (Å²) < 4.78 is 0. The molecule has 114 valence electrons. The van der Waals surface area contributed by atoms with Gasteiger partial charge in [0.25, 0.3) is 0 Å². The Morgan fingerprint density at radius 1 is 1.29 bits per heavy atom. The fraction of sp³-hybridized carbons (Fsp3) is 0.500. The van der Waals surface area contributed by atoms with Crippen molar-refractivity contribution in [2.45, 2.75) is 31.8 Å². The van der Waals surface area contributed by atoms with Crippen molar-refractivity contribution < 1.29 is 14.7 Å². The maximum absolute atomic E-state index is 11.9. The molecule has 0 spiro atoms. The lowest BCUT2D eigenvalue weighted by molar-refractivity contribution is -0.134. The van der Waals surface area contributed by atoms with Gasteiger partial charge in [-0.15, -0.1) is 0 Å². The van der Waals surface area contributed by atoms with Crippen LogP contribution in [0, 0.1) is 0 Å². The zero-order chi connectivity index (χ0) is 15.1. The van der Waals surface area contributed by atoms with Crippen LogP contribution in [0.3, 0.4) is 0 Å². The number of amides is 2. The zero-order valence-electron chi connectivity index (χ0n) is 12.1. The molecule has 1 aromatic rings. The normalized spacial score (nSPS) is 18.3. The van der Waals surface area contributed by atoms with Crippen LogP contribution in [-0.4, -0.2) is 47.6 Å². The van der Waals surface area contributed by atoms with Gasteiger partial charge in [-0.2, -0.15) is 0 Å². The molecule has 0 aliphatic carbocycles. The Hall–Kier alpha value is -1.88. The molecular formula is C16H22N2O3. The second-order valence-corrected chi connectivity index (χ2v) is 5.40. The maximum atomic E-state index is 11.9. The fourth-order valence-corrected chi connectivity index (χ4v) is 2.49. The highest BCUT2D eigenvalue weighted by molar-refractivity contribution is 5.80. The monoisotopic (exact) mass is 290 g/mol. The van der Waals surface area contributed by atoms with Gasteiger partial charge in [0, 0.05) is 26.1 Å². The molecule has 5 heteroatoms. The Bertz CT molecular complexity index is 476. The third-order valence-electron chi connectivity index (χ3n) is 3.62. The summed E-state index contributed by atoms with van der Waals surface area (Å²) >= 11 is 0. The third kappa shape index (κ3) is 5.19. The number of β-amino-alcohol motifs (C(OH)–C–C–N with tert-alkyl or cyclic N) is 1. The van der Waals surface area contributed by atoms with Crippen molar-refractivity contribution in [3.05, 3.63) is 35.9 Å². The van der Waals surface area contributed by atoms with Crippen molar-refractivity contribution >= 4 is 11.8 Å². The van der Waals surface area contributed by atoms with E-state index in [-0.39, 0.29) is 18.2 Å². The molecule has 1 saturated heterocycles. The lowest BCUT2D eigenvalue weighted by Gasteiger charge is -2.30. The SMILES string of the molecule is O=C(Cc1ccccc1)NCCC(=O)N1CCCC(O)C1. The predicted molar refractivity (Wildman–Crippen MR) is 79.6 cm³/mol. The second kappa shape index (κ2) is 7.78. The largest absolute Gasteiger partial charge is 0.391 e. The zero-order valence-corrected chi connectivity index (χ0v) is 12.1. The Labute approximate surface area is 125 Å². The number of piperidine rings is 1. The van der Waals surface area contributed by atoms with E-state index < -0.39 is 6.10 Å². The fourth-order valence-electron chi connectivity index (χ4n) is 2.49. The van der Waals surface area contributed by atoms with Gasteiger partial charge in [0.1, 0.15) is 0 Å². The van der Waals surface area contributed by atoms with Crippen LogP contribution in [0.15, 0.2) is 30.3 Å². The molecule has 1 atom stereocenters. The lowest BCUT2D eigenvalue weighted by atomic mass is 10.1. The molecular weight excluding hydrogens is 268 g/mol. The summed E-state index contributed by atoms with van der Waals surface area (Å²) in [4.78, 5) is 25.4. The summed E-state index contributed by atoms with van der Waals surface area (Å²) in [5.41, 5.74) is 0.959. The van der Waals surface area contributed by atoms with E-state index in [0.717, 1.165) is 18.4 Å². The van der Waals surface area contributed by atoms with Gasteiger partial charge in [-0.05, 0) is 18.4 Å². The summed E-state index contributed by atoms with van der Waals surface area (Å²) in [6, 6.07) is 9.51. The Balaban J connectivity index is 1.66. The average Bonchev–Trinajstić information content (AvgIpc) is 2.48. The van der Waals surface area contributed by atoms with Gasteiger partial charge in [0.05, 0.1) is 12.5 Å². The molecule has 1 aliphatic heterocycles. The molecule has 1 aliphatic rings. The highest BCUT2D eigenvalue weighted by Gasteiger charge is 2.21. The number of nitrogens with zero attached hydrogens (tertiary/aromatic N) is 1. The molecule has 0 saturated carbocycles. The molecule has 1 aromatic carbocycles. The summed E-state index contributed by atoms with van der Waals surface area (Å²) in [5.74, 6) is -0.0820. The van der Waals surface area contributed by atoms with Crippen molar-refractivity contribution in [3.8, 4) is 0 Å². The molecule has 5 nitrogen and oxygen atoms in total. The summed E-state index contributed by atoms with van der Waals surface area (Å²) in [6.07, 6.45) is 1.81. The van der Waals surface area contributed by atoms with Gasteiger partial charge in [-0.25, -0.2) is 0 Å². The van der Waals surface area contributed by atoms with Crippen LogP contribution >= 0.6 is 0 Å². The molecule has 1 unspecified atom stereocenters. The number of benzene rings is 1. The van der Waals surface area contributed by atoms with Crippen LogP contribution in [-0.2, 0) is 16.0 Å². The van der Waals surface area contributed by atoms with E-state index in [1.165, 1.54) is 0 Å². The molecule has 1 heterocycles. The van der Waals surface area contributed by atoms with E-state index in [4.69, 9.17) is 0 Å². The van der Waals surface area contributed by atoms with Crippen molar-refractivity contribution in [1.29, 1.82) is 0 Å². The molecule has 0 radical (unpaired) electrons. The van der Waals surface area contributed by atoms with Crippen molar-refractivity contribution in [2.75, 3.05) is 19.6 Å². The predicted octanol–water partition coefficient (Wildman–Crippen LogP) is 0.719. The number of hydrogen-bond donors (Lipinski definition) is 2. The van der Waals surface area contributed by atoms with Gasteiger partial charge in [0.15, 0.2) is 0 Å². The number of carbonyl (C=O) groups is 2. The Morgan fingerprint density at radius 2 is 2.05 bits per heavy atom. The number of nitrogens with one attached hydrogen (secondary N) is 1. The van der Waals surface area contributed by atoms with Gasteiger partial charge < -0.3 is 15.3 Å². The number of carbonyl (C=O) groups excluding carboxylic acids is 2. The average molecular weight is 290 g/mol. The number of aliphatic hydroxyl groups excluding tert-OH is 1. The minimum atomic E-state index is -0.407. The first-order chi connectivity index (χ1) is 10.1. The Kier molecular flexibility index (Phi) is 5.75. The third-order valence-corrected chi connectivity index (χ3v) is 3.62. The van der Waals surface area contributed by atoms with E-state index in [2.05, 4.69) is 5.32 Å². The van der Waals surface area contributed by atoms with Crippen LogP contribution in [0.5, 0.6) is 0 Å². The van der Waals surface area contributed by atoms with Gasteiger partial charge >= 0.3 is 0 Å². The summed E-state index contributed by atoms with van der Waals surface area (Å²) in [7, 11) is 0. The van der Waals surface area contributed by atoms with Gasteiger partial charge in [-0.3, -0.25) is 9.59 Å². The van der Waals surface area contributed by atoms with Crippen molar-refractivity contribution in [3.63, 3.8) is 0 Å². The van der Waals surface area contributed by atoms with Gasteiger partial charge in [-0.1, -0.05) is 30.3 Å².